The van der Waals surface area contributed by atoms with Gasteiger partial charge in [-0.25, -0.2) is 0 Å². The third kappa shape index (κ3) is 2.83. The van der Waals surface area contributed by atoms with Crippen LogP contribution in [-0.2, 0) is 9.59 Å². The Hall–Kier alpha value is -1.10. The van der Waals surface area contributed by atoms with Crippen molar-refractivity contribution in [2.75, 3.05) is 26.2 Å². The first-order chi connectivity index (χ1) is 8.42. The van der Waals surface area contributed by atoms with E-state index in [1.165, 1.54) is 0 Å². The SMILES string of the molecule is CC(C)CC(=O)N1CCN(C(=O)C2(N)CC2)CC1. The van der Waals surface area contributed by atoms with Crippen LogP contribution in [-0.4, -0.2) is 53.3 Å². The Morgan fingerprint density at radius 3 is 2.06 bits per heavy atom. The van der Waals surface area contributed by atoms with Gasteiger partial charge in [0.1, 0.15) is 0 Å². The number of piperazine rings is 1. The summed E-state index contributed by atoms with van der Waals surface area (Å²) in [7, 11) is 0. The lowest BCUT2D eigenvalue weighted by Crippen LogP contribution is -2.55. The Morgan fingerprint density at radius 1 is 1.11 bits per heavy atom. The highest BCUT2D eigenvalue weighted by molar-refractivity contribution is 5.89. The summed E-state index contributed by atoms with van der Waals surface area (Å²) in [4.78, 5) is 27.6. The fourth-order valence-corrected chi connectivity index (χ4v) is 2.30. The van der Waals surface area contributed by atoms with Gasteiger partial charge in [0.25, 0.3) is 0 Å². The van der Waals surface area contributed by atoms with E-state index >= 15 is 0 Å². The number of hydrogen-bond donors (Lipinski definition) is 1. The van der Waals surface area contributed by atoms with E-state index in [1.54, 1.807) is 0 Å². The van der Waals surface area contributed by atoms with Crippen LogP contribution in [0.5, 0.6) is 0 Å². The largest absolute Gasteiger partial charge is 0.339 e. The zero-order chi connectivity index (χ0) is 13.3. The highest BCUT2D eigenvalue weighted by atomic mass is 16.2. The molecule has 0 aromatic rings. The normalized spacial score (nSPS) is 22.2. The van der Waals surface area contributed by atoms with Gasteiger partial charge < -0.3 is 15.5 Å². The van der Waals surface area contributed by atoms with E-state index in [-0.39, 0.29) is 11.8 Å². The number of carbonyl (C=O) groups is 2. The molecular formula is C13H23N3O2. The molecule has 5 heteroatoms. The van der Waals surface area contributed by atoms with E-state index in [2.05, 4.69) is 0 Å². The van der Waals surface area contributed by atoms with E-state index < -0.39 is 5.54 Å². The van der Waals surface area contributed by atoms with Gasteiger partial charge in [0.2, 0.25) is 11.8 Å². The second-order valence-electron chi connectivity index (χ2n) is 5.93. The molecule has 1 aliphatic carbocycles. The molecule has 2 amide bonds. The van der Waals surface area contributed by atoms with Crippen LogP contribution in [0.3, 0.4) is 0 Å². The summed E-state index contributed by atoms with van der Waals surface area (Å²) in [6.07, 6.45) is 2.20. The maximum Gasteiger partial charge on any atom is 0.242 e. The van der Waals surface area contributed by atoms with Crippen molar-refractivity contribution in [1.82, 2.24) is 9.80 Å². The molecule has 1 heterocycles. The predicted molar refractivity (Wildman–Crippen MR) is 68.8 cm³/mol. The fourth-order valence-electron chi connectivity index (χ4n) is 2.30. The van der Waals surface area contributed by atoms with Crippen molar-refractivity contribution < 1.29 is 9.59 Å². The smallest absolute Gasteiger partial charge is 0.242 e. The number of amides is 2. The lowest BCUT2D eigenvalue weighted by Gasteiger charge is -2.36. The molecule has 0 aromatic heterocycles. The third-order valence-corrected chi connectivity index (χ3v) is 3.72. The van der Waals surface area contributed by atoms with Crippen molar-refractivity contribution in [1.29, 1.82) is 0 Å². The van der Waals surface area contributed by atoms with Crippen molar-refractivity contribution in [3.05, 3.63) is 0 Å². The van der Waals surface area contributed by atoms with Crippen molar-refractivity contribution in [3.63, 3.8) is 0 Å². The number of rotatable bonds is 3. The van der Waals surface area contributed by atoms with E-state index in [1.807, 2.05) is 23.6 Å². The molecule has 2 rings (SSSR count). The Balaban J connectivity index is 1.81. The molecule has 1 saturated heterocycles. The number of hydrogen-bond acceptors (Lipinski definition) is 3. The molecule has 1 aliphatic heterocycles. The summed E-state index contributed by atoms with van der Waals surface area (Å²) in [6, 6.07) is 0. The average Bonchev–Trinajstić information content (AvgIpc) is 3.07. The van der Waals surface area contributed by atoms with Crippen LogP contribution in [0.25, 0.3) is 0 Å². The first-order valence-corrected chi connectivity index (χ1v) is 6.78. The van der Waals surface area contributed by atoms with Crippen LogP contribution in [0.1, 0.15) is 33.1 Å². The predicted octanol–water partition coefficient (Wildman–Crippen LogP) is 0.195. The van der Waals surface area contributed by atoms with Gasteiger partial charge in [0, 0.05) is 32.6 Å². The minimum atomic E-state index is -0.579. The van der Waals surface area contributed by atoms with E-state index in [9.17, 15) is 9.59 Å². The van der Waals surface area contributed by atoms with Gasteiger partial charge in [-0.15, -0.1) is 0 Å². The summed E-state index contributed by atoms with van der Waals surface area (Å²) < 4.78 is 0. The van der Waals surface area contributed by atoms with Gasteiger partial charge in [-0.05, 0) is 18.8 Å². The minimum Gasteiger partial charge on any atom is -0.339 e. The molecule has 102 valence electrons. The van der Waals surface area contributed by atoms with Crippen molar-refractivity contribution in [2.45, 2.75) is 38.6 Å². The van der Waals surface area contributed by atoms with Crippen LogP contribution in [0, 0.1) is 5.92 Å². The lowest BCUT2D eigenvalue weighted by molar-refractivity contribution is -0.141. The Morgan fingerprint density at radius 2 is 1.61 bits per heavy atom. The molecule has 0 aromatic carbocycles. The van der Waals surface area contributed by atoms with Gasteiger partial charge in [-0.3, -0.25) is 9.59 Å². The summed E-state index contributed by atoms with van der Waals surface area (Å²) in [6.45, 7) is 6.63. The molecule has 2 fully saturated rings. The summed E-state index contributed by atoms with van der Waals surface area (Å²) in [5.74, 6) is 0.653. The first kappa shape index (κ1) is 13.3. The molecule has 0 atom stereocenters. The van der Waals surface area contributed by atoms with Gasteiger partial charge in [-0.2, -0.15) is 0 Å². The van der Waals surface area contributed by atoms with Crippen molar-refractivity contribution in [2.24, 2.45) is 11.7 Å². The van der Waals surface area contributed by atoms with Crippen LogP contribution in [0.4, 0.5) is 0 Å². The monoisotopic (exact) mass is 253 g/mol. The van der Waals surface area contributed by atoms with Crippen molar-refractivity contribution >= 4 is 11.8 Å². The molecule has 1 saturated carbocycles. The molecule has 0 unspecified atom stereocenters. The number of nitrogens with zero attached hydrogens (tertiary/aromatic N) is 2. The number of nitrogens with two attached hydrogens (primary N) is 1. The molecule has 0 bridgehead atoms. The highest BCUT2D eigenvalue weighted by Gasteiger charge is 2.48. The molecule has 0 spiro atoms. The van der Waals surface area contributed by atoms with E-state index in [0.29, 0.717) is 38.5 Å². The lowest BCUT2D eigenvalue weighted by atomic mass is 10.1. The Kier molecular flexibility index (Phi) is 3.61. The van der Waals surface area contributed by atoms with Crippen LogP contribution < -0.4 is 5.73 Å². The average molecular weight is 253 g/mol. The highest BCUT2D eigenvalue weighted by Crippen LogP contribution is 2.34. The number of carbonyl (C=O) groups excluding carboxylic acids is 2. The van der Waals surface area contributed by atoms with Gasteiger partial charge in [0.05, 0.1) is 5.54 Å². The summed E-state index contributed by atoms with van der Waals surface area (Å²) in [5, 5.41) is 0. The summed E-state index contributed by atoms with van der Waals surface area (Å²) in [5.41, 5.74) is 5.33. The molecule has 0 radical (unpaired) electrons. The molecule has 2 N–H and O–H groups in total. The Bertz CT molecular complexity index is 342. The van der Waals surface area contributed by atoms with Crippen molar-refractivity contribution in [3.8, 4) is 0 Å². The fraction of sp³-hybridized carbons (Fsp3) is 0.846. The molecular weight excluding hydrogens is 230 g/mol. The van der Waals surface area contributed by atoms with Gasteiger partial charge in [-0.1, -0.05) is 13.8 Å². The van der Waals surface area contributed by atoms with E-state index in [0.717, 1.165) is 12.8 Å². The second-order valence-corrected chi connectivity index (χ2v) is 5.93. The maximum absolute atomic E-state index is 12.0. The first-order valence-electron chi connectivity index (χ1n) is 6.78. The van der Waals surface area contributed by atoms with Crippen LogP contribution in [0.15, 0.2) is 0 Å². The quantitative estimate of drug-likeness (QED) is 0.781. The van der Waals surface area contributed by atoms with Crippen LogP contribution in [0.2, 0.25) is 0 Å². The zero-order valence-electron chi connectivity index (χ0n) is 11.3. The van der Waals surface area contributed by atoms with Gasteiger partial charge >= 0.3 is 0 Å². The zero-order valence-corrected chi connectivity index (χ0v) is 11.3. The Labute approximate surface area is 108 Å². The van der Waals surface area contributed by atoms with Gasteiger partial charge in [0.15, 0.2) is 0 Å². The van der Waals surface area contributed by atoms with Crippen LogP contribution >= 0.6 is 0 Å². The topological polar surface area (TPSA) is 66.6 Å². The van der Waals surface area contributed by atoms with E-state index in [4.69, 9.17) is 5.73 Å². The molecule has 5 nitrogen and oxygen atoms in total. The maximum atomic E-state index is 12.0. The second kappa shape index (κ2) is 4.88. The molecule has 18 heavy (non-hydrogen) atoms. The summed E-state index contributed by atoms with van der Waals surface area (Å²) >= 11 is 0. The standard InChI is InChI=1S/C13H23N3O2/c1-10(2)9-11(17)15-5-7-16(8-6-15)12(18)13(14)3-4-13/h10H,3-9,14H2,1-2H3. The molecule has 2 aliphatic rings. The minimum absolute atomic E-state index is 0.0680. The third-order valence-electron chi connectivity index (χ3n) is 3.72.